The molecule has 0 aliphatic rings. The van der Waals surface area contributed by atoms with E-state index < -0.39 is 0 Å². The molecule has 27 heavy (non-hydrogen) atoms. The Kier molecular flexibility index (Phi) is 5.04. The molecule has 0 aliphatic carbocycles. The number of hydrogen-bond acceptors (Lipinski definition) is 5. The number of hydrogen-bond donors (Lipinski definition) is 1. The van der Waals surface area contributed by atoms with E-state index in [0.717, 1.165) is 16.7 Å². The second kappa shape index (κ2) is 7.77. The van der Waals surface area contributed by atoms with Crippen LogP contribution < -0.4 is 5.32 Å². The smallest absolute Gasteiger partial charge is 0.267 e. The Labute approximate surface area is 164 Å². The van der Waals surface area contributed by atoms with Gasteiger partial charge in [-0.1, -0.05) is 48.2 Å². The minimum Gasteiger partial charge on any atom is -0.291 e. The van der Waals surface area contributed by atoms with Crippen molar-refractivity contribution in [2.45, 2.75) is 5.16 Å². The van der Waals surface area contributed by atoms with Crippen molar-refractivity contribution < 1.29 is 9.59 Å². The number of imidazole rings is 1. The molecule has 134 valence electrons. The average molecular weight is 393 g/mol. The second-order valence-corrected chi connectivity index (χ2v) is 7.59. The highest BCUT2D eigenvalue weighted by Gasteiger charge is 2.16. The van der Waals surface area contributed by atoms with Gasteiger partial charge in [0.15, 0.2) is 5.16 Å². The third-order valence-electron chi connectivity index (χ3n) is 3.87. The van der Waals surface area contributed by atoms with Gasteiger partial charge in [-0.05, 0) is 35.7 Å². The Hall–Kier alpha value is -2.90. The van der Waals surface area contributed by atoms with Crippen LogP contribution in [-0.2, 0) is 4.79 Å². The number of benzene rings is 2. The number of fused-ring (bicyclic) bond motifs is 1. The normalized spacial score (nSPS) is 10.8. The van der Waals surface area contributed by atoms with E-state index in [0.29, 0.717) is 10.0 Å². The molecule has 0 radical (unpaired) electrons. The quantitative estimate of drug-likeness (QED) is 0.518. The average Bonchev–Trinajstić information content (AvgIpc) is 3.35. The van der Waals surface area contributed by atoms with Crippen LogP contribution in [0.3, 0.4) is 0 Å². The summed E-state index contributed by atoms with van der Waals surface area (Å²) in [6.45, 7) is 0. The van der Waals surface area contributed by atoms with Gasteiger partial charge in [-0.3, -0.25) is 19.5 Å². The van der Waals surface area contributed by atoms with Gasteiger partial charge >= 0.3 is 0 Å². The second-order valence-electron chi connectivity index (χ2n) is 5.70. The van der Waals surface area contributed by atoms with Crippen molar-refractivity contribution >= 4 is 45.9 Å². The van der Waals surface area contributed by atoms with Gasteiger partial charge in [0.05, 0.1) is 21.7 Å². The molecule has 0 saturated heterocycles. The maximum absolute atomic E-state index is 12.2. The van der Waals surface area contributed by atoms with E-state index in [1.807, 2.05) is 59.2 Å². The number of nitrogens with zero attached hydrogens (tertiary/aromatic N) is 2. The fourth-order valence-corrected chi connectivity index (χ4v) is 4.14. The number of amides is 2. The molecule has 1 N–H and O–H groups in total. The lowest BCUT2D eigenvalue weighted by Crippen LogP contribution is -2.31. The maximum atomic E-state index is 12.2. The molecule has 0 aliphatic heterocycles. The molecule has 0 atom stereocenters. The monoisotopic (exact) mass is 393 g/mol. The molecular weight excluding hydrogens is 378 g/mol. The van der Waals surface area contributed by atoms with Crippen LogP contribution in [0, 0.1) is 0 Å². The number of aromatic nitrogens is 2. The highest BCUT2D eigenvalue weighted by atomic mass is 32.2. The number of imide groups is 1. The molecule has 4 aromatic rings. The van der Waals surface area contributed by atoms with Crippen molar-refractivity contribution in [3.05, 3.63) is 77.0 Å². The van der Waals surface area contributed by atoms with Crippen LogP contribution in [0.5, 0.6) is 0 Å². The number of thioether (sulfide) groups is 1. The largest absolute Gasteiger partial charge is 0.291 e. The molecule has 5 nitrogen and oxygen atoms in total. The lowest BCUT2D eigenvalue weighted by atomic mass is 10.3. The van der Waals surface area contributed by atoms with E-state index >= 15 is 0 Å². The molecule has 0 saturated carbocycles. The van der Waals surface area contributed by atoms with Crippen LogP contribution in [0.15, 0.2) is 77.3 Å². The number of carbonyl (C=O) groups excluding carboxylic acids is 2. The number of nitrogens with one attached hydrogen (secondary N) is 1. The first kappa shape index (κ1) is 17.5. The molecule has 0 spiro atoms. The molecule has 2 heterocycles. The minimum absolute atomic E-state index is 0.104. The van der Waals surface area contributed by atoms with Crippen molar-refractivity contribution in [2.75, 3.05) is 5.75 Å². The highest BCUT2D eigenvalue weighted by Crippen LogP contribution is 2.27. The fraction of sp³-hybridized carbons (Fsp3) is 0.0500. The molecule has 7 heteroatoms. The van der Waals surface area contributed by atoms with Crippen LogP contribution in [0.4, 0.5) is 0 Å². The SMILES string of the molecule is O=C(CSc1nc2ccccc2n1-c1ccccc1)NC(=O)c1cccs1. The predicted octanol–water partition coefficient (Wildman–Crippen LogP) is 4.14. The number of carbonyl (C=O) groups is 2. The molecular formula is C20H15N3O2S2. The van der Waals surface area contributed by atoms with E-state index in [9.17, 15) is 9.59 Å². The fourth-order valence-electron chi connectivity index (χ4n) is 2.69. The Balaban J connectivity index is 1.55. The zero-order valence-electron chi connectivity index (χ0n) is 14.2. The van der Waals surface area contributed by atoms with Crippen LogP contribution in [0.2, 0.25) is 0 Å². The van der Waals surface area contributed by atoms with Gasteiger partial charge in [0, 0.05) is 5.69 Å². The third-order valence-corrected chi connectivity index (χ3v) is 5.68. The summed E-state index contributed by atoms with van der Waals surface area (Å²) in [5.74, 6) is -0.606. The topological polar surface area (TPSA) is 64.0 Å². The molecule has 2 amide bonds. The van der Waals surface area contributed by atoms with Crippen LogP contribution in [-0.4, -0.2) is 27.1 Å². The van der Waals surface area contributed by atoms with Crippen LogP contribution >= 0.6 is 23.1 Å². The number of para-hydroxylation sites is 3. The van der Waals surface area contributed by atoms with E-state index in [2.05, 4.69) is 10.3 Å². The Morgan fingerprint density at radius 3 is 2.56 bits per heavy atom. The first-order valence-corrected chi connectivity index (χ1v) is 10.1. The van der Waals surface area contributed by atoms with Crippen molar-refractivity contribution in [1.29, 1.82) is 0 Å². The molecule has 4 rings (SSSR count). The van der Waals surface area contributed by atoms with Gasteiger partial charge in [0.25, 0.3) is 5.91 Å². The minimum atomic E-state index is -0.368. The summed E-state index contributed by atoms with van der Waals surface area (Å²) < 4.78 is 2.02. The lowest BCUT2D eigenvalue weighted by molar-refractivity contribution is -0.117. The molecule has 0 unspecified atom stereocenters. The molecule has 0 fully saturated rings. The van der Waals surface area contributed by atoms with E-state index in [1.54, 1.807) is 17.5 Å². The predicted molar refractivity (Wildman–Crippen MR) is 109 cm³/mol. The Morgan fingerprint density at radius 2 is 1.78 bits per heavy atom. The molecule has 2 aromatic heterocycles. The first-order valence-electron chi connectivity index (χ1n) is 8.26. The summed E-state index contributed by atoms with van der Waals surface area (Å²) in [6.07, 6.45) is 0. The number of rotatable bonds is 5. The van der Waals surface area contributed by atoms with Gasteiger partial charge < -0.3 is 0 Å². The van der Waals surface area contributed by atoms with E-state index in [-0.39, 0.29) is 17.6 Å². The number of thiophene rings is 1. The Bertz CT molecular complexity index is 1090. The molecule has 0 bridgehead atoms. The van der Waals surface area contributed by atoms with Gasteiger partial charge in [0.2, 0.25) is 5.91 Å². The van der Waals surface area contributed by atoms with E-state index in [1.165, 1.54) is 23.1 Å². The summed E-state index contributed by atoms with van der Waals surface area (Å²) >= 11 is 2.61. The first-order chi connectivity index (χ1) is 13.2. The zero-order valence-corrected chi connectivity index (χ0v) is 15.8. The van der Waals surface area contributed by atoms with Crippen molar-refractivity contribution in [3.63, 3.8) is 0 Å². The van der Waals surface area contributed by atoms with Crippen LogP contribution in [0.1, 0.15) is 9.67 Å². The van der Waals surface area contributed by atoms with Gasteiger partial charge in [-0.15, -0.1) is 11.3 Å². The summed E-state index contributed by atoms with van der Waals surface area (Å²) in [7, 11) is 0. The standard InChI is InChI=1S/C20H15N3O2S2/c24-18(22-19(25)17-11-6-12-26-17)13-27-20-21-15-9-4-5-10-16(15)23(20)14-7-2-1-3-8-14/h1-12H,13H2,(H,22,24,25). The summed E-state index contributed by atoms with van der Waals surface area (Å²) in [5, 5.41) is 4.93. The lowest BCUT2D eigenvalue weighted by Gasteiger charge is -2.08. The van der Waals surface area contributed by atoms with Crippen LogP contribution in [0.25, 0.3) is 16.7 Å². The van der Waals surface area contributed by atoms with Gasteiger partial charge in [0.1, 0.15) is 0 Å². The van der Waals surface area contributed by atoms with Gasteiger partial charge in [-0.2, -0.15) is 0 Å². The van der Waals surface area contributed by atoms with Crippen molar-refractivity contribution in [2.24, 2.45) is 0 Å². The highest BCUT2D eigenvalue weighted by molar-refractivity contribution is 7.99. The van der Waals surface area contributed by atoms with Crippen molar-refractivity contribution in [3.8, 4) is 5.69 Å². The van der Waals surface area contributed by atoms with E-state index in [4.69, 9.17) is 0 Å². The third kappa shape index (κ3) is 3.79. The van der Waals surface area contributed by atoms with Gasteiger partial charge in [-0.25, -0.2) is 4.98 Å². The summed E-state index contributed by atoms with van der Waals surface area (Å²) in [5.41, 5.74) is 2.81. The maximum Gasteiger partial charge on any atom is 0.267 e. The Morgan fingerprint density at radius 1 is 1.00 bits per heavy atom. The summed E-state index contributed by atoms with van der Waals surface area (Å²) in [6, 6.07) is 21.2. The zero-order chi connectivity index (χ0) is 18.6. The van der Waals surface area contributed by atoms with Crippen molar-refractivity contribution in [1.82, 2.24) is 14.9 Å². The molecule has 2 aromatic carbocycles. The summed E-state index contributed by atoms with van der Waals surface area (Å²) in [4.78, 5) is 29.4.